The lowest BCUT2D eigenvalue weighted by Crippen LogP contribution is -2.50. The van der Waals surface area contributed by atoms with Crippen LogP contribution in [0.4, 0.5) is 16.2 Å². The molecular formula is C27H38N4O5. The topological polar surface area (TPSA) is 94.6 Å². The molecule has 2 aromatic rings. The molecule has 0 unspecified atom stereocenters. The summed E-state index contributed by atoms with van der Waals surface area (Å²) >= 11 is 0. The van der Waals surface area contributed by atoms with E-state index in [0.29, 0.717) is 62.1 Å². The van der Waals surface area contributed by atoms with Crippen LogP contribution in [0.1, 0.15) is 38.1 Å². The van der Waals surface area contributed by atoms with Gasteiger partial charge in [0.2, 0.25) is 0 Å². The number of carboxylic acids is 1. The second-order valence-electron chi connectivity index (χ2n) is 9.40. The zero-order chi connectivity index (χ0) is 26.2. The van der Waals surface area contributed by atoms with Gasteiger partial charge < -0.3 is 29.7 Å². The van der Waals surface area contributed by atoms with E-state index in [1.54, 1.807) is 54.5 Å². The number of carboxylic acid groups (broad SMARTS) is 1. The number of nitrogens with zero attached hydrogens (tertiary/aromatic N) is 3. The van der Waals surface area contributed by atoms with Gasteiger partial charge in [0, 0.05) is 62.2 Å². The van der Waals surface area contributed by atoms with Gasteiger partial charge in [-0.25, -0.2) is 9.59 Å². The minimum absolute atomic E-state index is 0.169. The Morgan fingerprint density at radius 2 is 1.61 bits per heavy atom. The van der Waals surface area contributed by atoms with Gasteiger partial charge in [0.05, 0.1) is 12.7 Å². The van der Waals surface area contributed by atoms with Crippen LogP contribution in [0.2, 0.25) is 0 Å². The number of aromatic carboxylic acids is 1. The summed E-state index contributed by atoms with van der Waals surface area (Å²) in [4.78, 5) is 30.2. The Morgan fingerprint density at radius 1 is 0.972 bits per heavy atom. The highest BCUT2D eigenvalue weighted by Crippen LogP contribution is 2.30. The molecule has 2 aromatic carbocycles. The number of piperazine rings is 1. The third kappa shape index (κ3) is 7.04. The first-order chi connectivity index (χ1) is 17.2. The number of hydrogen-bond donors (Lipinski definition) is 2. The third-order valence-electron chi connectivity index (χ3n) is 6.39. The zero-order valence-electron chi connectivity index (χ0n) is 21.9. The Kier molecular flexibility index (Phi) is 9.41. The van der Waals surface area contributed by atoms with E-state index in [2.05, 4.69) is 42.8 Å². The number of rotatable bonds is 10. The minimum Gasteiger partial charge on any atom is -0.493 e. The predicted molar refractivity (Wildman–Crippen MR) is 142 cm³/mol. The average Bonchev–Trinajstić information content (AvgIpc) is 2.86. The molecule has 0 atom stereocenters. The molecule has 3 rings (SSSR count). The van der Waals surface area contributed by atoms with Crippen LogP contribution in [0.25, 0.3) is 0 Å². The number of hydrogen-bond acceptors (Lipinski definition) is 6. The summed E-state index contributed by atoms with van der Waals surface area (Å²) in [6, 6.07) is 12.9. The molecule has 1 heterocycles. The Balaban J connectivity index is 1.55. The summed E-state index contributed by atoms with van der Waals surface area (Å²) < 4.78 is 11.5. The van der Waals surface area contributed by atoms with Gasteiger partial charge in [-0.2, -0.15) is 0 Å². The van der Waals surface area contributed by atoms with E-state index in [1.807, 2.05) is 0 Å². The van der Waals surface area contributed by atoms with Crippen molar-refractivity contribution in [1.29, 1.82) is 0 Å². The Morgan fingerprint density at radius 3 is 2.17 bits per heavy atom. The third-order valence-corrected chi connectivity index (χ3v) is 6.39. The van der Waals surface area contributed by atoms with Crippen molar-refractivity contribution < 1.29 is 24.2 Å². The molecule has 36 heavy (non-hydrogen) atoms. The van der Waals surface area contributed by atoms with E-state index in [0.717, 1.165) is 12.2 Å². The van der Waals surface area contributed by atoms with E-state index in [1.165, 1.54) is 0 Å². The second-order valence-corrected chi connectivity index (χ2v) is 9.40. The molecule has 1 aliphatic heterocycles. The quantitative estimate of drug-likeness (QED) is 0.506. The van der Waals surface area contributed by atoms with Crippen molar-refractivity contribution >= 4 is 23.4 Å². The first-order valence-electron chi connectivity index (χ1n) is 12.4. The lowest BCUT2D eigenvalue weighted by atomic mass is 10.2. The van der Waals surface area contributed by atoms with Crippen LogP contribution in [0, 0.1) is 0 Å². The lowest BCUT2D eigenvalue weighted by Gasteiger charge is -2.36. The second kappa shape index (κ2) is 12.5. The summed E-state index contributed by atoms with van der Waals surface area (Å²) in [7, 11) is 1.60. The largest absolute Gasteiger partial charge is 0.493 e. The Hall–Kier alpha value is -3.46. The van der Waals surface area contributed by atoms with Gasteiger partial charge in [0.15, 0.2) is 11.5 Å². The van der Waals surface area contributed by atoms with Gasteiger partial charge in [-0.3, -0.25) is 4.90 Å². The van der Waals surface area contributed by atoms with Gasteiger partial charge >= 0.3 is 12.0 Å². The Labute approximate surface area is 213 Å². The number of nitrogens with one attached hydrogen (secondary N) is 1. The van der Waals surface area contributed by atoms with E-state index in [4.69, 9.17) is 14.6 Å². The number of carbonyl (C=O) groups excluding carboxylic acids is 1. The first-order valence-corrected chi connectivity index (χ1v) is 12.4. The average molecular weight is 499 g/mol. The molecule has 0 aromatic heterocycles. The molecule has 0 spiro atoms. The van der Waals surface area contributed by atoms with Gasteiger partial charge in [0.25, 0.3) is 0 Å². The molecule has 0 saturated carbocycles. The van der Waals surface area contributed by atoms with E-state index in [-0.39, 0.29) is 11.6 Å². The highest BCUT2D eigenvalue weighted by molar-refractivity contribution is 5.90. The molecule has 9 heteroatoms. The maximum atomic E-state index is 12.9. The SMILES string of the molecule is COc1ccc(NC(=O)N2CCN(c3ccc(C(=O)O)cc3)CC2)cc1OCCN(C(C)C)C(C)C. The van der Waals surface area contributed by atoms with Crippen molar-refractivity contribution in [3.05, 3.63) is 48.0 Å². The Bertz CT molecular complexity index is 1010. The van der Waals surface area contributed by atoms with Crippen LogP contribution >= 0.6 is 0 Å². The first kappa shape index (κ1) is 27.1. The van der Waals surface area contributed by atoms with Gasteiger partial charge in [-0.05, 0) is 64.1 Å². The molecular weight excluding hydrogens is 460 g/mol. The van der Waals surface area contributed by atoms with Crippen LogP contribution in [-0.4, -0.2) is 85.4 Å². The number of ether oxygens (including phenoxy) is 2. The summed E-state index contributed by atoms with van der Waals surface area (Å²) in [5, 5.41) is 12.0. The van der Waals surface area contributed by atoms with Crippen molar-refractivity contribution in [2.45, 2.75) is 39.8 Å². The van der Waals surface area contributed by atoms with Crippen LogP contribution in [0.5, 0.6) is 11.5 Å². The van der Waals surface area contributed by atoms with Crippen LogP contribution in [0.3, 0.4) is 0 Å². The summed E-state index contributed by atoms with van der Waals surface area (Å²) in [5.74, 6) is 0.275. The fourth-order valence-corrected chi connectivity index (χ4v) is 4.43. The number of amides is 2. The molecule has 0 aliphatic carbocycles. The van der Waals surface area contributed by atoms with Gasteiger partial charge in [-0.1, -0.05) is 0 Å². The summed E-state index contributed by atoms with van der Waals surface area (Å²) in [5.41, 5.74) is 1.86. The number of urea groups is 1. The number of benzene rings is 2. The van der Waals surface area contributed by atoms with Crippen molar-refractivity contribution in [2.24, 2.45) is 0 Å². The smallest absolute Gasteiger partial charge is 0.335 e. The molecule has 2 amide bonds. The van der Waals surface area contributed by atoms with E-state index < -0.39 is 5.97 Å². The highest BCUT2D eigenvalue weighted by atomic mass is 16.5. The monoisotopic (exact) mass is 498 g/mol. The van der Waals surface area contributed by atoms with Crippen LogP contribution < -0.4 is 19.7 Å². The molecule has 0 radical (unpaired) electrons. The van der Waals surface area contributed by atoms with E-state index in [9.17, 15) is 9.59 Å². The maximum absolute atomic E-state index is 12.9. The number of carbonyl (C=O) groups is 2. The lowest BCUT2D eigenvalue weighted by molar-refractivity contribution is 0.0697. The van der Waals surface area contributed by atoms with Crippen LogP contribution in [0.15, 0.2) is 42.5 Å². The van der Waals surface area contributed by atoms with Crippen molar-refractivity contribution in [3.63, 3.8) is 0 Å². The molecule has 1 saturated heterocycles. The van der Waals surface area contributed by atoms with Crippen LogP contribution in [-0.2, 0) is 0 Å². The van der Waals surface area contributed by atoms with E-state index >= 15 is 0 Å². The number of anilines is 2. The standard InChI is InChI=1S/C27H38N4O5/c1-19(2)31(20(3)4)16-17-36-25-18-22(8-11-24(25)35-5)28-27(34)30-14-12-29(13-15-30)23-9-6-21(7-10-23)26(32)33/h6-11,18-20H,12-17H2,1-5H3,(H,28,34)(H,32,33). The van der Waals surface area contributed by atoms with Crippen molar-refractivity contribution in [3.8, 4) is 11.5 Å². The molecule has 0 bridgehead atoms. The molecule has 9 nitrogen and oxygen atoms in total. The number of methoxy groups -OCH3 is 1. The molecule has 1 fully saturated rings. The zero-order valence-corrected chi connectivity index (χ0v) is 21.9. The summed E-state index contributed by atoms with van der Waals surface area (Å²) in [6.45, 7) is 12.4. The summed E-state index contributed by atoms with van der Waals surface area (Å²) in [6.07, 6.45) is 0. The fourth-order valence-electron chi connectivity index (χ4n) is 4.43. The van der Waals surface area contributed by atoms with Gasteiger partial charge in [-0.15, -0.1) is 0 Å². The minimum atomic E-state index is -0.941. The van der Waals surface area contributed by atoms with Crippen molar-refractivity contribution in [1.82, 2.24) is 9.80 Å². The normalized spacial score (nSPS) is 13.9. The molecule has 2 N–H and O–H groups in total. The molecule has 1 aliphatic rings. The fraction of sp³-hybridized carbons (Fsp3) is 0.481. The van der Waals surface area contributed by atoms with Gasteiger partial charge in [0.1, 0.15) is 6.61 Å². The molecule has 196 valence electrons. The maximum Gasteiger partial charge on any atom is 0.335 e. The van der Waals surface area contributed by atoms with Crippen molar-refractivity contribution in [2.75, 3.05) is 56.7 Å². The predicted octanol–water partition coefficient (Wildman–Crippen LogP) is 4.25. The highest BCUT2D eigenvalue weighted by Gasteiger charge is 2.22.